The molecule has 5 atom stereocenters. The minimum absolute atomic E-state index is 0.204. The number of aryl methyl sites for hydroxylation is 1. The highest BCUT2D eigenvalue weighted by Gasteiger charge is 2.45. The molecule has 2 saturated heterocycles. The first kappa shape index (κ1) is 15.2. The lowest BCUT2D eigenvalue weighted by molar-refractivity contribution is -0.123. The molecule has 4 rings (SSSR count). The Balaban J connectivity index is 1.36. The maximum atomic E-state index is 12.6. The zero-order valence-corrected chi connectivity index (χ0v) is 14.3. The maximum absolute atomic E-state index is 12.6. The second kappa shape index (κ2) is 5.94. The lowest BCUT2D eigenvalue weighted by atomic mass is 9.82. The van der Waals surface area contributed by atoms with Gasteiger partial charge in [0, 0.05) is 24.0 Å². The van der Waals surface area contributed by atoms with Crippen LogP contribution < -0.4 is 5.32 Å². The van der Waals surface area contributed by atoms with Gasteiger partial charge in [-0.15, -0.1) is 0 Å². The van der Waals surface area contributed by atoms with Crippen LogP contribution >= 0.6 is 0 Å². The highest BCUT2D eigenvalue weighted by Crippen LogP contribution is 2.48. The molecule has 0 radical (unpaired) electrons. The third-order valence-corrected chi connectivity index (χ3v) is 6.40. The summed E-state index contributed by atoms with van der Waals surface area (Å²) in [5, 5.41) is 3.38. The molecule has 3 nitrogen and oxygen atoms in total. The molecule has 1 saturated carbocycles. The Morgan fingerprint density at radius 3 is 2.52 bits per heavy atom. The van der Waals surface area contributed by atoms with Gasteiger partial charge >= 0.3 is 0 Å². The van der Waals surface area contributed by atoms with Crippen molar-refractivity contribution < 1.29 is 4.79 Å². The Bertz CT molecular complexity index is 585. The van der Waals surface area contributed by atoms with E-state index in [2.05, 4.69) is 48.5 Å². The van der Waals surface area contributed by atoms with Crippen molar-refractivity contribution in [2.45, 2.75) is 69.5 Å². The Morgan fingerprint density at radius 2 is 1.83 bits per heavy atom. The molecule has 3 fully saturated rings. The summed E-state index contributed by atoms with van der Waals surface area (Å²) >= 11 is 0. The van der Waals surface area contributed by atoms with Gasteiger partial charge in [-0.2, -0.15) is 0 Å². The van der Waals surface area contributed by atoms with Gasteiger partial charge in [-0.3, -0.25) is 4.79 Å². The SMILES string of the molecule is Cc1ccccc1[C@@H]1C[C@@H]1C(=O)NC1C[C@H]2CCC[C@@H](C1)N2C. The quantitative estimate of drug-likeness (QED) is 0.929. The largest absolute Gasteiger partial charge is 0.353 e. The number of amides is 1. The van der Waals surface area contributed by atoms with Gasteiger partial charge in [-0.05, 0) is 63.1 Å². The minimum Gasteiger partial charge on any atom is -0.353 e. The van der Waals surface area contributed by atoms with Crippen molar-refractivity contribution in [3.8, 4) is 0 Å². The van der Waals surface area contributed by atoms with Crippen molar-refractivity contribution in [1.29, 1.82) is 0 Å². The Morgan fingerprint density at radius 1 is 1.13 bits per heavy atom. The molecule has 1 N–H and O–H groups in total. The van der Waals surface area contributed by atoms with Gasteiger partial charge in [0.05, 0.1) is 0 Å². The number of hydrogen-bond donors (Lipinski definition) is 1. The highest BCUT2D eigenvalue weighted by molar-refractivity contribution is 5.83. The van der Waals surface area contributed by atoms with E-state index in [0.717, 1.165) is 19.3 Å². The van der Waals surface area contributed by atoms with Gasteiger partial charge in [0.25, 0.3) is 0 Å². The van der Waals surface area contributed by atoms with Crippen LogP contribution in [0.15, 0.2) is 24.3 Å². The number of fused-ring (bicyclic) bond motifs is 2. The molecule has 3 aliphatic rings. The summed E-state index contributed by atoms with van der Waals surface area (Å²) in [6, 6.07) is 10.3. The predicted octanol–water partition coefficient (Wildman–Crippen LogP) is 3.23. The van der Waals surface area contributed by atoms with Crippen LogP contribution in [-0.4, -0.2) is 36.0 Å². The van der Waals surface area contributed by atoms with Gasteiger partial charge in [-0.25, -0.2) is 0 Å². The van der Waals surface area contributed by atoms with Gasteiger partial charge in [0.2, 0.25) is 5.91 Å². The molecule has 1 aromatic rings. The summed E-state index contributed by atoms with van der Waals surface area (Å²) in [6.45, 7) is 2.15. The standard InChI is InChI=1S/C20H28N2O/c1-13-6-3-4-9-17(13)18-12-19(18)20(23)21-14-10-15-7-5-8-16(11-14)22(15)2/h3-4,6,9,14-16,18-19H,5,7-8,10-12H2,1-2H3,(H,21,23)/t14?,15-,16+,18-,19-/m0/s1. The monoisotopic (exact) mass is 312 g/mol. The van der Waals surface area contributed by atoms with E-state index >= 15 is 0 Å². The van der Waals surface area contributed by atoms with E-state index in [-0.39, 0.29) is 5.92 Å². The predicted molar refractivity (Wildman–Crippen MR) is 92.4 cm³/mol. The molecule has 1 unspecified atom stereocenters. The molecule has 2 heterocycles. The van der Waals surface area contributed by atoms with E-state index in [9.17, 15) is 4.79 Å². The summed E-state index contributed by atoms with van der Waals surface area (Å²) in [5.41, 5.74) is 2.69. The fourth-order valence-electron chi connectivity index (χ4n) is 4.87. The molecular weight excluding hydrogens is 284 g/mol. The first-order valence-corrected chi connectivity index (χ1v) is 9.21. The molecule has 1 aromatic carbocycles. The zero-order valence-electron chi connectivity index (χ0n) is 14.3. The number of benzene rings is 1. The summed E-state index contributed by atoms with van der Waals surface area (Å²) in [5.74, 6) is 0.948. The number of rotatable bonds is 3. The summed E-state index contributed by atoms with van der Waals surface area (Å²) < 4.78 is 0. The van der Waals surface area contributed by atoms with Crippen molar-refractivity contribution in [2.24, 2.45) is 5.92 Å². The topological polar surface area (TPSA) is 32.3 Å². The summed E-state index contributed by atoms with van der Waals surface area (Å²) in [6.07, 6.45) is 7.26. The number of carbonyl (C=O) groups is 1. The zero-order chi connectivity index (χ0) is 16.0. The van der Waals surface area contributed by atoms with Gasteiger partial charge < -0.3 is 10.2 Å². The van der Waals surface area contributed by atoms with Crippen molar-refractivity contribution in [1.82, 2.24) is 10.2 Å². The number of piperidine rings is 2. The van der Waals surface area contributed by atoms with E-state index in [4.69, 9.17) is 0 Å². The number of nitrogens with one attached hydrogen (secondary N) is 1. The Labute approximate surface area is 139 Å². The van der Waals surface area contributed by atoms with E-state index in [0.29, 0.717) is 30.0 Å². The van der Waals surface area contributed by atoms with Crippen molar-refractivity contribution >= 4 is 5.91 Å². The van der Waals surface area contributed by atoms with E-state index in [1.54, 1.807) is 0 Å². The molecule has 2 bridgehead atoms. The molecular formula is C20H28N2O. The van der Waals surface area contributed by atoms with Crippen LogP contribution in [0.3, 0.4) is 0 Å². The van der Waals surface area contributed by atoms with E-state index in [1.165, 1.54) is 30.4 Å². The average Bonchev–Trinajstić information content (AvgIpc) is 3.29. The summed E-state index contributed by atoms with van der Waals surface area (Å²) in [7, 11) is 2.27. The van der Waals surface area contributed by atoms with Gasteiger partial charge in [0.1, 0.15) is 0 Å². The van der Waals surface area contributed by atoms with Crippen LogP contribution in [0.25, 0.3) is 0 Å². The lowest BCUT2D eigenvalue weighted by Gasteiger charge is -2.47. The average molecular weight is 312 g/mol. The fraction of sp³-hybridized carbons (Fsp3) is 0.650. The number of carbonyl (C=O) groups excluding carboxylic acids is 1. The molecule has 1 aliphatic carbocycles. The van der Waals surface area contributed by atoms with Crippen LogP contribution in [0.2, 0.25) is 0 Å². The van der Waals surface area contributed by atoms with E-state index < -0.39 is 0 Å². The normalized spacial score (nSPS) is 36.5. The van der Waals surface area contributed by atoms with Crippen molar-refractivity contribution in [3.63, 3.8) is 0 Å². The van der Waals surface area contributed by atoms with Crippen molar-refractivity contribution in [2.75, 3.05) is 7.05 Å². The van der Waals surface area contributed by atoms with Gasteiger partial charge in [0.15, 0.2) is 0 Å². The molecule has 23 heavy (non-hydrogen) atoms. The molecule has 124 valence electrons. The van der Waals surface area contributed by atoms with Crippen LogP contribution in [0.1, 0.15) is 55.6 Å². The maximum Gasteiger partial charge on any atom is 0.223 e. The molecule has 0 aromatic heterocycles. The number of nitrogens with zero attached hydrogens (tertiary/aromatic N) is 1. The van der Waals surface area contributed by atoms with Crippen LogP contribution in [-0.2, 0) is 4.79 Å². The first-order chi connectivity index (χ1) is 11.1. The Hall–Kier alpha value is -1.35. The first-order valence-electron chi connectivity index (χ1n) is 9.21. The number of hydrogen-bond acceptors (Lipinski definition) is 2. The lowest BCUT2D eigenvalue weighted by Crippen LogP contribution is -2.55. The third kappa shape index (κ3) is 2.91. The van der Waals surface area contributed by atoms with Crippen LogP contribution in [0, 0.1) is 12.8 Å². The molecule has 3 heteroatoms. The Kier molecular flexibility index (Phi) is 3.92. The second-order valence-electron chi connectivity index (χ2n) is 7.89. The molecule has 1 amide bonds. The molecule has 2 aliphatic heterocycles. The van der Waals surface area contributed by atoms with Crippen LogP contribution in [0.5, 0.6) is 0 Å². The van der Waals surface area contributed by atoms with Crippen LogP contribution in [0.4, 0.5) is 0 Å². The van der Waals surface area contributed by atoms with Gasteiger partial charge in [-0.1, -0.05) is 30.7 Å². The summed E-state index contributed by atoms with van der Waals surface area (Å²) in [4.78, 5) is 15.2. The highest BCUT2D eigenvalue weighted by atomic mass is 16.2. The third-order valence-electron chi connectivity index (χ3n) is 6.40. The smallest absolute Gasteiger partial charge is 0.223 e. The van der Waals surface area contributed by atoms with E-state index in [1.807, 2.05) is 0 Å². The minimum atomic E-state index is 0.204. The van der Waals surface area contributed by atoms with Crippen molar-refractivity contribution in [3.05, 3.63) is 35.4 Å². The fourth-order valence-corrected chi connectivity index (χ4v) is 4.87. The molecule has 0 spiro atoms. The second-order valence-corrected chi connectivity index (χ2v) is 7.89.